The van der Waals surface area contributed by atoms with Gasteiger partial charge in [-0.15, -0.1) is 0 Å². The lowest BCUT2D eigenvalue weighted by atomic mass is 10.1. The van der Waals surface area contributed by atoms with Crippen LogP contribution in [0.2, 0.25) is 0 Å². The highest BCUT2D eigenvalue weighted by molar-refractivity contribution is 6.03. The molecule has 0 bridgehead atoms. The molecule has 0 heterocycles. The van der Waals surface area contributed by atoms with Crippen LogP contribution in [0.25, 0.3) is 0 Å². The minimum absolute atomic E-state index is 0.222. The topological polar surface area (TPSA) is 104 Å². The van der Waals surface area contributed by atoms with E-state index in [-0.39, 0.29) is 13.0 Å². The summed E-state index contributed by atoms with van der Waals surface area (Å²) in [6, 6.07) is 23.8. The lowest BCUT2D eigenvalue weighted by molar-refractivity contribution is -0.126. The van der Waals surface area contributed by atoms with E-state index in [1.807, 2.05) is 43.3 Å². The van der Waals surface area contributed by atoms with Gasteiger partial charge in [-0.3, -0.25) is 9.59 Å². The predicted molar refractivity (Wildman–Crippen MR) is 122 cm³/mol. The standard InChI is InChI=1S/C25H22N4O3/c1-18-10-12-22(13-11-18)28-24(30)14-25(31)29-27-16-20-7-4-5-9-23(20)32-17-21-8-3-2-6-19(21)15-26/h2-13,16H,14,17H2,1H3,(H,28,30)(H,29,31). The van der Waals surface area contributed by atoms with E-state index in [4.69, 9.17) is 4.74 Å². The molecule has 3 rings (SSSR count). The molecule has 0 saturated carbocycles. The van der Waals surface area contributed by atoms with Gasteiger partial charge in [0.15, 0.2) is 0 Å². The Bertz CT molecular complexity index is 1160. The zero-order valence-electron chi connectivity index (χ0n) is 17.5. The first-order valence-electron chi connectivity index (χ1n) is 9.93. The summed E-state index contributed by atoms with van der Waals surface area (Å²) in [6.07, 6.45) is 1.09. The molecule has 32 heavy (non-hydrogen) atoms. The van der Waals surface area contributed by atoms with Crippen LogP contribution in [-0.2, 0) is 16.2 Å². The molecule has 7 heteroatoms. The van der Waals surface area contributed by atoms with Gasteiger partial charge in [0.25, 0.3) is 0 Å². The van der Waals surface area contributed by atoms with E-state index >= 15 is 0 Å². The van der Waals surface area contributed by atoms with Crippen molar-refractivity contribution in [3.8, 4) is 11.8 Å². The SMILES string of the molecule is Cc1ccc(NC(=O)CC(=O)NN=Cc2ccccc2OCc2ccccc2C#N)cc1. The smallest absolute Gasteiger partial charge is 0.249 e. The number of hydrazone groups is 1. The fourth-order valence-electron chi connectivity index (χ4n) is 2.83. The molecule has 0 atom stereocenters. The highest BCUT2D eigenvalue weighted by Crippen LogP contribution is 2.18. The largest absolute Gasteiger partial charge is 0.488 e. The molecule has 2 N–H and O–H groups in total. The molecule has 160 valence electrons. The lowest BCUT2D eigenvalue weighted by Gasteiger charge is -2.10. The van der Waals surface area contributed by atoms with Gasteiger partial charge < -0.3 is 10.1 Å². The second-order valence-corrected chi connectivity index (χ2v) is 6.98. The van der Waals surface area contributed by atoms with Crippen LogP contribution >= 0.6 is 0 Å². The Morgan fingerprint density at radius 3 is 2.50 bits per heavy atom. The molecule has 3 aromatic carbocycles. The maximum atomic E-state index is 12.0. The van der Waals surface area contributed by atoms with Crippen LogP contribution in [-0.4, -0.2) is 18.0 Å². The molecule has 0 aliphatic carbocycles. The van der Waals surface area contributed by atoms with Gasteiger partial charge >= 0.3 is 0 Å². The maximum Gasteiger partial charge on any atom is 0.249 e. The third kappa shape index (κ3) is 6.54. The van der Waals surface area contributed by atoms with Crippen LogP contribution in [0.3, 0.4) is 0 Å². The van der Waals surface area contributed by atoms with E-state index in [9.17, 15) is 14.9 Å². The molecule has 0 saturated heterocycles. The lowest BCUT2D eigenvalue weighted by Crippen LogP contribution is -2.24. The van der Waals surface area contributed by atoms with Crippen molar-refractivity contribution in [2.45, 2.75) is 20.0 Å². The van der Waals surface area contributed by atoms with Gasteiger partial charge in [-0.05, 0) is 37.3 Å². The summed E-state index contributed by atoms with van der Waals surface area (Å²) < 4.78 is 5.84. The first kappa shape index (κ1) is 22.2. The van der Waals surface area contributed by atoms with Gasteiger partial charge in [0, 0.05) is 16.8 Å². The van der Waals surface area contributed by atoms with Crippen molar-refractivity contribution in [1.82, 2.24) is 5.43 Å². The average molecular weight is 426 g/mol. The minimum Gasteiger partial charge on any atom is -0.488 e. The van der Waals surface area contributed by atoms with E-state index in [1.54, 1.807) is 36.4 Å². The number of carbonyl (C=O) groups excluding carboxylic acids is 2. The quantitative estimate of drug-likeness (QED) is 0.324. The number of nitrogens with one attached hydrogen (secondary N) is 2. The Labute approximate surface area is 186 Å². The maximum absolute atomic E-state index is 12.0. The molecule has 0 aromatic heterocycles. The monoisotopic (exact) mass is 426 g/mol. The number of nitrogens with zero attached hydrogens (tertiary/aromatic N) is 2. The summed E-state index contributed by atoms with van der Waals surface area (Å²) in [7, 11) is 0. The van der Waals surface area contributed by atoms with Crippen molar-refractivity contribution in [2.24, 2.45) is 5.10 Å². The fraction of sp³-hybridized carbons (Fsp3) is 0.120. The summed E-state index contributed by atoms with van der Waals surface area (Å²) in [5.41, 5.74) is 6.02. The first-order chi connectivity index (χ1) is 15.5. The molecule has 2 amide bonds. The van der Waals surface area contributed by atoms with Crippen LogP contribution < -0.4 is 15.5 Å². The van der Waals surface area contributed by atoms with E-state index in [0.29, 0.717) is 22.6 Å². The first-order valence-corrected chi connectivity index (χ1v) is 9.93. The number of hydrogen-bond donors (Lipinski definition) is 2. The minimum atomic E-state index is -0.535. The fourth-order valence-corrected chi connectivity index (χ4v) is 2.83. The summed E-state index contributed by atoms with van der Waals surface area (Å²) >= 11 is 0. The molecule has 0 aliphatic heterocycles. The number of hydrogen-bond acceptors (Lipinski definition) is 5. The predicted octanol–water partition coefficient (Wildman–Crippen LogP) is 3.92. The van der Waals surface area contributed by atoms with Crippen molar-refractivity contribution < 1.29 is 14.3 Å². The number of carbonyl (C=O) groups is 2. The van der Waals surface area contributed by atoms with Gasteiger partial charge in [-0.1, -0.05) is 48.0 Å². The normalized spacial score (nSPS) is 10.4. The van der Waals surface area contributed by atoms with Crippen molar-refractivity contribution in [1.29, 1.82) is 5.26 Å². The highest BCUT2D eigenvalue weighted by Gasteiger charge is 2.09. The highest BCUT2D eigenvalue weighted by atomic mass is 16.5. The van der Waals surface area contributed by atoms with E-state index in [1.165, 1.54) is 6.21 Å². The molecular formula is C25H22N4O3. The Balaban J connectivity index is 1.54. The Hall–Kier alpha value is -4.44. The molecular weight excluding hydrogens is 404 g/mol. The van der Waals surface area contributed by atoms with Crippen LogP contribution in [0, 0.1) is 18.3 Å². The second kappa shape index (κ2) is 11.1. The molecule has 0 radical (unpaired) electrons. The van der Waals surface area contributed by atoms with Crippen LogP contribution in [0.5, 0.6) is 5.75 Å². The van der Waals surface area contributed by atoms with Crippen molar-refractivity contribution >= 4 is 23.7 Å². The van der Waals surface area contributed by atoms with Gasteiger partial charge in [0.1, 0.15) is 18.8 Å². The van der Waals surface area contributed by atoms with E-state index < -0.39 is 11.8 Å². The zero-order chi connectivity index (χ0) is 22.8. The van der Waals surface area contributed by atoms with Crippen LogP contribution in [0.1, 0.15) is 28.7 Å². The van der Waals surface area contributed by atoms with Crippen molar-refractivity contribution in [3.05, 3.63) is 95.1 Å². The second-order valence-electron chi connectivity index (χ2n) is 6.98. The number of ether oxygens (including phenoxy) is 1. The third-order valence-corrected chi connectivity index (χ3v) is 4.49. The zero-order valence-corrected chi connectivity index (χ0v) is 17.5. The van der Waals surface area contributed by atoms with Crippen molar-refractivity contribution in [3.63, 3.8) is 0 Å². The number of rotatable bonds is 8. The van der Waals surface area contributed by atoms with Gasteiger partial charge in [0.05, 0.1) is 17.8 Å². The van der Waals surface area contributed by atoms with Gasteiger partial charge in [-0.25, -0.2) is 5.43 Å². The number of anilines is 1. The number of nitriles is 1. The van der Waals surface area contributed by atoms with Crippen LogP contribution in [0.4, 0.5) is 5.69 Å². The Morgan fingerprint density at radius 2 is 1.72 bits per heavy atom. The molecule has 3 aromatic rings. The van der Waals surface area contributed by atoms with Crippen molar-refractivity contribution in [2.75, 3.05) is 5.32 Å². The number of aryl methyl sites for hydroxylation is 1. The number of amides is 2. The number of benzene rings is 3. The van der Waals surface area contributed by atoms with Gasteiger partial charge in [-0.2, -0.15) is 10.4 Å². The molecule has 0 unspecified atom stereocenters. The summed E-state index contributed by atoms with van der Waals surface area (Å²) in [5, 5.41) is 15.8. The summed E-state index contributed by atoms with van der Waals surface area (Å²) in [4.78, 5) is 24.0. The Morgan fingerprint density at radius 1 is 1.00 bits per heavy atom. The summed E-state index contributed by atoms with van der Waals surface area (Å²) in [6.45, 7) is 2.17. The van der Waals surface area contributed by atoms with E-state index in [2.05, 4.69) is 21.9 Å². The average Bonchev–Trinajstić information content (AvgIpc) is 2.80. The van der Waals surface area contributed by atoms with Crippen LogP contribution in [0.15, 0.2) is 77.9 Å². The molecule has 0 spiro atoms. The van der Waals surface area contributed by atoms with Gasteiger partial charge in [0.2, 0.25) is 11.8 Å². The Kier molecular flexibility index (Phi) is 7.71. The summed E-state index contributed by atoms with van der Waals surface area (Å²) in [5.74, 6) is -0.413. The van der Waals surface area contributed by atoms with E-state index in [0.717, 1.165) is 11.1 Å². The molecule has 0 aliphatic rings. The third-order valence-electron chi connectivity index (χ3n) is 4.49. The molecule has 7 nitrogen and oxygen atoms in total. The number of para-hydroxylation sites is 1. The molecule has 0 fully saturated rings.